The van der Waals surface area contributed by atoms with Crippen LogP contribution in [0.3, 0.4) is 0 Å². The van der Waals surface area contributed by atoms with Crippen LogP contribution in [-0.4, -0.2) is 24.3 Å². The number of esters is 1. The van der Waals surface area contributed by atoms with Crippen molar-refractivity contribution in [2.24, 2.45) is 4.99 Å². The predicted octanol–water partition coefficient (Wildman–Crippen LogP) is 3.41. The highest BCUT2D eigenvalue weighted by Gasteiger charge is 2.34. The second kappa shape index (κ2) is 9.41. The van der Waals surface area contributed by atoms with Crippen molar-refractivity contribution in [3.8, 4) is 5.75 Å². The minimum Gasteiger partial charge on any atom is -0.496 e. The third-order valence-corrected chi connectivity index (χ3v) is 6.82. The molecule has 0 bridgehead atoms. The van der Waals surface area contributed by atoms with Gasteiger partial charge in [0.1, 0.15) is 11.8 Å². The van der Waals surface area contributed by atoms with Gasteiger partial charge in [0.25, 0.3) is 5.56 Å². The third kappa shape index (κ3) is 4.16. The molecule has 4 rings (SSSR count). The smallest absolute Gasteiger partial charge is 0.338 e. The molecule has 2 heterocycles. The Morgan fingerprint density at radius 3 is 2.62 bits per heavy atom. The lowest BCUT2D eigenvalue weighted by molar-refractivity contribution is -0.139. The van der Waals surface area contributed by atoms with Crippen molar-refractivity contribution in [3.05, 3.63) is 94.2 Å². The molecule has 0 amide bonds. The van der Waals surface area contributed by atoms with Crippen LogP contribution >= 0.6 is 33.9 Å². The van der Waals surface area contributed by atoms with Crippen molar-refractivity contribution in [3.63, 3.8) is 0 Å². The number of ether oxygens (including phenoxy) is 2. The van der Waals surface area contributed by atoms with Gasteiger partial charge in [-0.1, -0.05) is 41.7 Å². The van der Waals surface area contributed by atoms with Crippen LogP contribution in [0.1, 0.15) is 31.0 Å². The highest BCUT2D eigenvalue weighted by Crippen LogP contribution is 2.35. The van der Waals surface area contributed by atoms with E-state index in [0.717, 1.165) is 9.13 Å². The first-order valence-electron chi connectivity index (χ1n) is 10.0. The van der Waals surface area contributed by atoms with Crippen LogP contribution in [0.5, 0.6) is 5.75 Å². The van der Waals surface area contributed by atoms with Gasteiger partial charge < -0.3 is 9.47 Å². The van der Waals surface area contributed by atoms with Gasteiger partial charge in [0, 0.05) is 9.13 Å². The molecule has 1 aliphatic rings. The first-order chi connectivity index (χ1) is 15.4. The van der Waals surface area contributed by atoms with Gasteiger partial charge in [0.15, 0.2) is 4.80 Å². The number of carbonyl (C=O) groups excluding carboxylic acids is 1. The van der Waals surface area contributed by atoms with E-state index in [4.69, 9.17) is 9.47 Å². The lowest BCUT2D eigenvalue weighted by atomic mass is 9.95. The van der Waals surface area contributed by atoms with Crippen LogP contribution in [0.2, 0.25) is 0 Å². The zero-order valence-corrected chi connectivity index (χ0v) is 20.8. The topological polar surface area (TPSA) is 69.9 Å². The molecular formula is C24H21IN2O4S. The van der Waals surface area contributed by atoms with Crippen molar-refractivity contribution >= 4 is 46.0 Å². The van der Waals surface area contributed by atoms with E-state index in [1.54, 1.807) is 25.5 Å². The maximum atomic E-state index is 13.6. The first kappa shape index (κ1) is 22.5. The van der Waals surface area contributed by atoms with Crippen LogP contribution in [-0.2, 0) is 9.53 Å². The molecule has 0 radical (unpaired) electrons. The van der Waals surface area contributed by atoms with Gasteiger partial charge in [-0.3, -0.25) is 9.36 Å². The summed E-state index contributed by atoms with van der Waals surface area (Å²) in [6.07, 6.45) is 1.85. The Balaban J connectivity index is 1.98. The van der Waals surface area contributed by atoms with E-state index in [-0.39, 0.29) is 12.2 Å². The van der Waals surface area contributed by atoms with Gasteiger partial charge in [-0.25, -0.2) is 9.79 Å². The van der Waals surface area contributed by atoms with Crippen molar-refractivity contribution in [2.75, 3.05) is 13.7 Å². The Hall–Kier alpha value is -2.72. The third-order valence-electron chi connectivity index (χ3n) is 5.12. The van der Waals surface area contributed by atoms with Gasteiger partial charge in [0.2, 0.25) is 0 Å². The summed E-state index contributed by atoms with van der Waals surface area (Å²) >= 11 is 3.55. The van der Waals surface area contributed by atoms with Gasteiger partial charge in [-0.05, 0) is 66.3 Å². The standard InChI is InChI=1S/C24H21IN2O4S/c1-4-31-23(29)20-14(2)26-24-27(21(20)17-7-5-6-8-18(17)30-3)22(28)19(32-24)13-15-9-11-16(25)12-10-15/h5-13,21H,4H2,1-3H3/b19-13+/t21-/m0/s1. The molecule has 0 saturated carbocycles. The average Bonchev–Trinajstić information content (AvgIpc) is 3.09. The van der Waals surface area contributed by atoms with E-state index in [0.29, 0.717) is 31.9 Å². The normalized spacial score (nSPS) is 15.9. The van der Waals surface area contributed by atoms with E-state index in [2.05, 4.69) is 27.6 Å². The average molecular weight is 560 g/mol. The zero-order chi connectivity index (χ0) is 22.8. The second-order valence-electron chi connectivity index (χ2n) is 7.10. The van der Waals surface area contributed by atoms with E-state index in [1.807, 2.05) is 54.6 Å². The summed E-state index contributed by atoms with van der Waals surface area (Å²) in [6.45, 7) is 3.75. The molecule has 0 N–H and O–H groups in total. The summed E-state index contributed by atoms with van der Waals surface area (Å²) in [5, 5.41) is 0. The molecule has 164 valence electrons. The van der Waals surface area contributed by atoms with Crippen molar-refractivity contribution in [1.29, 1.82) is 0 Å². The van der Waals surface area contributed by atoms with E-state index >= 15 is 0 Å². The molecule has 32 heavy (non-hydrogen) atoms. The minimum absolute atomic E-state index is 0.211. The van der Waals surface area contributed by atoms with Crippen LogP contribution in [0.25, 0.3) is 6.08 Å². The number of hydrogen-bond acceptors (Lipinski definition) is 6. The van der Waals surface area contributed by atoms with Gasteiger partial charge in [-0.15, -0.1) is 0 Å². The molecule has 0 saturated heterocycles. The molecule has 1 aliphatic heterocycles. The van der Waals surface area contributed by atoms with Crippen LogP contribution < -0.4 is 19.6 Å². The Morgan fingerprint density at radius 2 is 1.94 bits per heavy atom. The number of fused-ring (bicyclic) bond motifs is 1. The lowest BCUT2D eigenvalue weighted by Gasteiger charge is -2.25. The fourth-order valence-corrected chi connectivity index (χ4v) is 5.09. The summed E-state index contributed by atoms with van der Waals surface area (Å²) in [7, 11) is 1.57. The number of allylic oxidation sites excluding steroid dienone is 1. The number of para-hydroxylation sites is 1. The van der Waals surface area contributed by atoms with Crippen LogP contribution in [0, 0.1) is 3.57 Å². The Bertz CT molecular complexity index is 1390. The van der Waals surface area contributed by atoms with E-state index in [1.165, 1.54) is 11.3 Å². The number of thiazole rings is 1. The monoisotopic (exact) mass is 560 g/mol. The predicted molar refractivity (Wildman–Crippen MR) is 133 cm³/mol. The number of aromatic nitrogens is 1. The molecule has 0 fully saturated rings. The Labute approximate surface area is 202 Å². The molecule has 0 unspecified atom stereocenters. The number of nitrogens with zero attached hydrogens (tertiary/aromatic N) is 2. The number of benzene rings is 2. The number of methoxy groups -OCH3 is 1. The number of hydrogen-bond donors (Lipinski definition) is 0. The maximum absolute atomic E-state index is 13.6. The van der Waals surface area contributed by atoms with Crippen molar-refractivity contribution < 1.29 is 14.3 Å². The van der Waals surface area contributed by atoms with E-state index in [9.17, 15) is 9.59 Å². The molecule has 1 aromatic heterocycles. The minimum atomic E-state index is -0.694. The highest BCUT2D eigenvalue weighted by molar-refractivity contribution is 14.1. The Morgan fingerprint density at radius 1 is 1.22 bits per heavy atom. The molecule has 3 aromatic rings. The maximum Gasteiger partial charge on any atom is 0.338 e. The van der Waals surface area contributed by atoms with Crippen molar-refractivity contribution in [2.45, 2.75) is 19.9 Å². The summed E-state index contributed by atoms with van der Waals surface area (Å²) in [5.41, 5.74) is 2.28. The molecule has 8 heteroatoms. The fourth-order valence-electron chi connectivity index (χ4n) is 3.69. The second-order valence-corrected chi connectivity index (χ2v) is 9.35. The fraction of sp³-hybridized carbons (Fsp3) is 0.208. The highest BCUT2D eigenvalue weighted by atomic mass is 127. The zero-order valence-electron chi connectivity index (χ0n) is 17.8. The lowest BCUT2D eigenvalue weighted by Crippen LogP contribution is -2.40. The summed E-state index contributed by atoms with van der Waals surface area (Å²) in [4.78, 5) is 31.6. The summed E-state index contributed by atoms with van der Waals surface area (Å²) in [5.74, 6) is 0.0952. The largest absolute Gasteiger partial charge is 0.496 e. The molecule has 6 nitrogen and oxygen atoms in total. The number of halogens is 1. The number of carbonyl (C=O) groups is 1. The molecule has 0 aliphatic carbocycles. The molecule has 1 atom stereocenters. The summed E-state index contributed by atoms with van der Waals surface area (Å²) in [6, 6.07) is 14.6. The molecular weight excluding hydrogens is 539 g/mol. The van der Waals surface area contributed by atoms with Gasteiger partial charge in [0.05, 0.1) is 29.5 Å². The van der Waals surface area contributed by atoms with Gasteiger partial charge >= 0.3 is 5.97 Å². The van der Waals surface area contributed by atoms with Crippen LogP contribution in [0.15, 0.2) is 69.6 Å². The van der Waals surface area contributed by atoms with E-state index < -0.39 is 12.0 Å². The molecule has 0 spiro atoms. The quantitative estimate of drug-likeness (QED) is 0.355. The summed E-state index contributed by atoms with van der Waals surface area (Å²) < 4.78 is 14.1. The number of rotatable bonds is 5. The van der Waals surface area contributed by atoms with Crippen LogP contribution in [0.4, 0.5) is 0 Å². The molecule has 2 aromatic carbocycles. The first-order valence-corrected chi connectivity index (χ1v) is 11.9. The Kier molecular flexibility index (Phi) is 6.61. The van der Waals surface area contributed by atoms with Crippen molar-refractivity contribution in [1.82, 2.24) is 4.57 Å². The van der Waals surface area contributed by atoms with Gasteiger partial charge in [-0.2, -0.15) is 0 Å². The SMILES string of the molecule is CCOC(=O)C1=C(C)N=c2s/c(=C/c3ccc(I)cc3)c(=O)n2[C@H]1c1ccccc1OC.